The molecule has 0 radical (unpaired) electrons. The van der Waals surface area contributed by atoms with Gasteiger partial charge in [0.2, 0.25) is 0 Å². The Hall–Kier alpha value is -0.970. The molecular formula is C13H19ClO4. The van der Waals surface area contributed by atoms with Gasteiger partial charge in [0.25, 0.3) is 0 Å². The van der Waals surface area contributed by atoms with Crippen LogP contribution in [-0.4, -0.2) is 37.6 Å². The minimum atomic E-state index is -0.117. The summed E-state index contributed by atoms with van der Waals surface area (Å²) < 4.78 is 10.4. The number of halogens is 1. The number of hydrogen-bond donors (Lipinski definition) is 2. The van der Waals surface area contributed by atoms with Crippen molar-refractivity contribution in [2.75, 3.05) is 27.4 Å². The van der Waals surface area contributed by atoms with Gasteiger partial charge < -0.3 is 19.7 Å². The molecule has 0 bridgehead atoms. The van der Waals surface area contributed by atoms with Crippen LogP contribution in [0.15, 0.2) is 12.1 Å². The Morgan fingerprint density at radius 1 is 1.11 bits per heavy atom. The fourth-order valence-corrected chi connectivity index (χ4v) is 1.94. The van der Waals surface area contributed by atoms with E-state index in [0.717, 1.165) is 5.56 Å². The van der Waals surface area contributed by atoms with E-state index in [2.05, 4.69) is 0 Å². The lowest BCUT2D eigenvalue weighted by Gasteiger charge is -2.14. The van der Waals surface area contributed by atoms with E-state index in [1.165, 1.54) is 0 Å². The molecule has 0 fully saturated rings. The maximum atomic E-state index is 9.02. The lowest BCUT2D eigenvalue weighted by atomic mass is 10.0. The first-order valence-electron chi connectivity index (χ1n) is 5.78. The maximum Gasteiger partial charge on any atom is 0.162 e. The van der Waals surface area contributed by atoms with Gasteiger partial charge >= 0.3 is 0 Å². The molecule has 1 rings (SSSR count). The average molecular weight is 275 g/mol. The highest BCUT2D eigenvalue weighted by Gasteiger charge is 2.12. The number of methoxy groups -OCH3 is 2. The fourth-order valence-electron chi connectivity index (χ4n) is 1.69. The molecule has 0 aliphatic rings. The van der Waals surface area contributed by atoms with Gasteiger partial charge in [0, 0.05) is 30.2 Å². The van der Waals surface area contributed by atoms with Crippen LogP contribution in [0.2, 0.25) is 5.02 Å². The van der Waals surface area contributed by atoms with Gasteiger partial charge in [-0.1, -0.05) is 11.6 Å². The van der Waals surface area contributed by atoms with Crippen LogP contribution < -0.4 is 9.47 Å². The Morgan fingerprint density at radius 3 is 2.17 bits per heavy atom. The molecule has 1 aromatic carbocycles. The van der Waals surface area contributed by atoms with Crippen LogP contribution in [0, 0.1) is 5.92 Å². The molecule has 0 aliphatic carbocycles. The summed E-state index contributed by atoms with van der Waals surface area (Å²) in [5.74, 6) is 1.10. The van der Waals surface area contributed by atoms with E-state index in [9.17, 15) is 0 Å². The van der Waals surface area contributed by atoms with E-state index in [1.54, 1.807) is 20.3 Å². The summed E-state index contributed by atoms with van der Waals surface area (Å²) in [6.07, 6.45) is 1.34. The van der Waals surface area contributed by atoms with Crippen molar-refractivity contribution in [3.63, 3.8) is 0 Å². The van der Waals surface area contributed by atoms with Crippen molar-refractivity contribution in [1.82, 2.24) is 0 Å². The van der Waals surface area contributed by atoms with E-state index < -0.39 is 0 Å². The highest BCUT2D eigenvalue weighted by Crippen LogP contribution is 2.33. The van der Waals surface area contributed by atoms with Gasteiger partial charge in [0.15, 0.2) is 11.5 Å². The molecule has 0 unspecified atom stereocenters. The van der Waals surface area contributed by atoms with E-state index in [1.807, 2.05) is 6.07 Å². The molecule has 0 spiro atoms. The number of ether oxygens (including phenoxy) is 2. The first-order chi connectivity index (χ1) is 8.65. The van der Waals surface area contributed by atoms with Crippen molar-refractivity contribution in [2.24, 2.45) is 5.92 Å². The zero-order chi connectivity index (χ0) is 13.5. The van der Waals surface area contributed by atoms with Crippen LogP contribution in [0.1, 0.15) is 12.0 Å². The quantitative estimate of drug-likeness (QED) is 0.797. The zero-order valence-corrected chi connectivity index (χ0v) is 11.4. The van der Waals surface area contributed by atoms with Crippen molar-refractivity contribution >= 4 is 11.6 Å². The van der Waals surface area contributed by atoms with Gasteiger partial charge in [-0.25, -0.2) is 0 Å². The van der Waals surface area contributed by atoms with Crippen LogP contribution in [0.25, 0.3) is 0 Å². The normalized spacial score (nSPS) is 10.8. The zero-order valence-electron chi connectivity index (χ0n) is 10.6. The second-order valence-corrected chi connectivity index (χ2v) is 4.48. The molecule has 1 aromatic rings. The van der Waals surface area contributed by atoms with Gasteiger partial charge in [-0.3, -0.25) is 0 Å². The number of aliphatic hydroxyl groups excluding tert-OH is 2. The minimum Gasteiger partial charge on any atom is -0.493 e. The van der Waals surface area contributed by atoms with Gasteiger partial charge in [-0.2, -0.15) is 0 Å². The van der Waals surface area contributed by atoms with Crippen LogP contribution >= 0.6 is 11.6 Å². The smallest absolute Gasteiger partial charge is 0.162 e. The third-order valence-corrected chi connectivity index (χ3v) is 3.24. The monoisotopic (exact) mass is 274 g/mol. The summed E-state index contributed by atoms with van der Waals surface area (Å²) in [4.78, 5) is 0. The second kappa shape index (κ2) is 7.46. The maximum absolute atomic E-state index is 9.02. The standard InChI is InChI=1S/C13H19ClO4/c1-17-12-5-10(4-3-9(7-15)8-16)11(14)6-13(12)18-2/h5-6,9,15-16H,3-4,7-8H2,1-2H3. The van der Waals surface area contributed by atoms with Crippen molar-refractivity contribution in [1.29, 1.82) is 0 Å². The van der Waals surface area contributed by atoms with E-state index in [4.69, 9.17) is 31.3 Å². The average Bonchev–Trinajstić information content (AvgIpc) is 2.40. The summed E-state index contributed by atoms with van der Waals surface area (Å²) in [5.41, 5.74) is 0.918. The molecule has 2 N–H and O–H groups in total. The summed E-state index contributed by atoms with van der Waals surface area (Å²) in [5, 5.41) is 18.6. The predicted molar refractivity (Wildman–Crippen MR) is 70.5 cm³/mol. The highest BCUT2D eigenvalue weighted by atomic mass is 35.5. The van der Waals surface area contributed by atoms with Crippen molar-refractivity contribution < 1.29 is 19.7 Å². The fraction of sp³-hybridized carbons (Fsp3) is 0.538. The molecule has 0 saturated carbocycles. The molecule has 0 heterocycles. The molecule has 18 heavy (non-hydrogen) atoms. The SMILES string of the molecule is COc1cc(Cl)c(CCC(CO)CO)cc1OC. The molecule has 0 atom stereocenters. The number of hydrogen-bond acceptors (Lipinski definition) is 4. The lowest BCUT2D eigenvalue weighted by Crippen LogP contribution is -2.12. The Balaban J connectivity index is 2.82. The van der Waals surface area contributed by atoms with E-state index in [0.29, 0.717) is 29.4 Å². The van der Waals surface area contributed by atoms with Crippen LogP contribution in [-0.2, 0) is 6.42 Å². The number of benzene rings is 1. The Morgan fingerprint density at radius 2 is 1.67 bits per heavy atom. The first kappa shape index (κ1) is 15.1. The molecule has 0 amide bonds. The molecule has 102 valence electrons. The van der Waals surface area contributed by atoms with Crippen molar-refractivity contribution in [3.05, 3.63) is 22.7 Å². The molecule has 5 heteroatoms. The Bertz CT molecular complexity index is 377. The molecule has 0 aromatic heterocycles. The van der Waals surface area contributed by atoms with E-state index in [-0.39, 0.29) is 19.1 Å². The molecule has 0 saturated heterocycles. The molecule has 0 aliphatic heterocycles. The van der Waals surface area contributed by atoms with Crippen molar-refractivity contribution in [2.45, 2.75) is 12.8 Å². The predicted octanol–water partition coefficient (Wildman–Crippen LogP) is 1.89. The van der Waals surface area contributed by atoms with Crippen LogP contribution in [0.5, 0.6) is 11.5 Å². The first-order valence-corrected chi connectivity index (χ1v) is 6.16. The minimum absolute atomic E-state index is 0.0264. The van der Waals surface area contributed by atoms with Gasteiger partial charge in [-0.05, 0) is 24.5 Å². The highest BCUT2D eigenvalue weighted by molar-refractivity contribution is 6.31. The number of rotatable bonds is 7. The van der Waals surface area contributed by atoms with Gasteiger partial charge in [-0.15, -0.1) is 0 Å². The Labute approximate surface area is 112 Å². The van der Waals surface area contributed by atoms with Crippen molar-refractivity contribution in [3.8, 4) is 11.5 Å². The number of aryl methyl sites for hydroxylation is 1. The number of aliphatic hydroxyl groups is 2. The van der Waals surface area contributed by atoms with Crippen LogP contribution in [0.4, 0.5) is 0 Å². The second-order valence-electron chi connectivity index (χ2n) is 4.07. The third-order valence-electron chi connectivity index (χ3n) is 2.89. The third kappa shape index (κ3) is 3.77. The molecular weight excluding hydrogens is 256 g/mol. The summed E-state index contributed by atoms with van der Waals surface area (Å²) >= 11 is 6.15. The summed E-state index contributed by atoms with van der Waals surface area (Å²) in [6.45, 7) is -0.0528. The largest absolute Gasteiger partial charge is 0.493 e. The summed E-state index contributed by atoms with van der Waals surface area (Å²) in [6, 6.07) is 3.54. The topological polar surface area (TPSA) is 58.9 Å². The Kier molecular flexibility index (Phi) is 6.25. The van der Waals surface area contributed by atoms with Gasteiger partial charge in [0.1, 0.15) is 0 Å². The molecule has 4 nitrogen and oxygen atoms in total. The van der Waals surface area contributed by atoms with Gasteiger partial charge in [0.05, 0.1) is 14.2 Å². The van der Waals surface area contributed by atoms with E-state index >= 15 is 0 Å². The summed E-state index contributed by atoms with van der Waals surface area (Å²) in [7, 11) is 3.13. The lowest BCUT2D eigenvalue weighted by molar-refractivity contribution is 0.144. The van der Waals surface area contributed by atoms with Crippen LogP contribution in [0.3, 0.4) is 0 Å².